The first-order valence-electron chi connectivity index (χ1n) is 17.7. The Morgan fingerprint density at radius 1 is 0.771 bits per heavy atom. The van der Waals surface area contributed by atoms with Crippen LogP contribution in [0.25, 0.3) is 0 Å². The molecule has 0 aliphatic heterocycles. The maximum absolute atomic E-state index is 2.51. The van der Waals surface area contributed by atoms with Gasteiger partial charge in [-0.2, -0.15) is 18.2 Å². The number of hydrogen-bond donors (Lipinski definition) is 0. The molecule has 0 aromatic heterocycles. The minimum absolute atomic E-state index is 0. The summed E-state index contributed by atoms with van der Waals surface area (Å²) in [5.41, 5.74) is 12.7. The zero-order valence-electron chi connectivity index (χ0n) is 29.7. The van der Waals surface area contributed by atoms with Crippen LogP contribution in [0.3, 0.4) is 0 Å². The topological polar surface area (TPSA) is 0 Å². The molecule has 4 aliphatic carbocycles. The average molecular weight is 755 g/mol. The molecule has 0 heterocycles. The van der Waals surface area contributed by atoms with Crippen LogP contribution in [0.1, 0.15) is 99.1 Å². The number of aryl methyl sites for hydroxylation is 2. The number of allylic oxidation sites excluding steroid dienone is 2. The summed E-state index contributed by atoms with van der Waals surface area (Å²) in [5.74, 6) is 6.00. The first-order chi connectivity index (χ1) is 22.2. The molecule has 0 bridgehead atoms. The molecule has 48 heavy (non-hydrogen) atoms. The van der Waals surface area contributed by atoms with Gasteiger partial charge in [-0.1, -0.05) is 99.1 Å². The number of benzene rings is 3. The predicted molar refractivity (Wildman–Crippen MR) is 193 cm³/mol. The van der Waals surface area contributed by atoms with E-state index in [1.807, 2.05) is 41.5 Å². The van der Waals surface area contributed by atoms with Gasteiger partial charge >= 0.3 is 112 Å². The van der Waals surface area contributed by atoms with Crippen molar-refractivity contribution in [3.63, 3.8) is 0 Å². The van der Waals surface area contributed by atoms with Gasteiger partial charge in [0.05, 0.1) is 0 Å². The summed E-state index contributed by atoms with van der Waals surface area (Å²) in [4.78, 5) is 0. The van der Waals surface area contributed by atoms with Crippen LogP contribution in [0.15, 0.2) is 114 Å². The van der Waals surface area contributed by atoms with Gasteiger partial charge in [-0.3, -0.25) is 0 Å². The third kappa shape index (κ3) is 7.96. The molecule has 5 atom stereocenters. The van der Waals surface area contributed by atoms with E-state index < -0.39 is 0 Å². The summed E-state index contributed by atoms with van der Waals surface area (Å²) in [6, 6.07) is 36.9. The summed E-state index contributed by atoms with van der Waals surface area (Å²) in [6.45, 7) is 14.2. The van der Waals surface area contributed by atoms with Crippen molar-refractivity contribution < 1.29 is 49.0 Å². The Hall–Kier alpha value is -2.05. The van der Waals surface area contributed by atoms with E-state index in [9.17, 15) is 0 Å². The Bertz CT molecular complexity index is 1580. The van der Waals surface area contributed by atoms with Crippen LogP contribution in [-0.4, -0.2) is 3.21 Å². The molecule has 4 aliphatic rings. The molecule has 4 aromatic rings. The number of halogens is 2. The van der Waals surface area contributed by atoms with Crippen LogP contribution in [0.2, 0.25) is 0 Å². The van der Waals surface area contributed by atoms with E-state index in [0.717, 1.165) is 29.6 Å². The molecule has 0 radical (unpaired) electrons. The summed E-state index contributed by atoms with van der Waals surface area (Å²) in [5, 5.41) is 0. The minimum atomic E-state index is 0. The van der Waals surface area contributed by atoms with Crippen LogP contribution >= 0.6 is 0 Å². The molecule has 0 amide bonds. The van der Waals surface area contributed by atoms with Gasteiger partial charge in [0.15, 0.2) is 0 Å². The van der Waals surface area contributed by atoms with Gasteiger partial charge in [0.2, 0.25) is 0 Å². The zero-order valence-corrected chi connectivity index (χ0v) is 33.7. The van der Waals surface area contributed by atoms with Crippen molar-refractivity contribution in [2.24, 2.45) is 29.1 Å². The Labute approximate surface area is 318 Å². The number of fused-ring (bicyclic) bond motifs is 7. The molecule has 252 valence electrons. The predicted octanol–water partition coefficient (Wildman–Crippen LogP) is 5.55. The Morgan fingerprint density at radius 2 is 1.31 bits per heavy atom. The number of hydrogen-bond acceptors (Lipinski definition) is 0. The third-order valence-corrected chi connectivity index (χ3v) is 13.5. The molecule has 0 spiro atoms. The molecule has 3 heteroatoms. The molecule has 0 N–H and O–H groups in total. The summed E-state index contributed by atoms with van der Waals surface area (Å²) in [7, 11) is 0. The van der Waals surface area contributed by atoms with Crippen molar-refractivity contribution in [3.8, 4) is 0 Å². The first-order valence-corrected chi connectivity index (χ1v) is 18.9. The average Bonchev–Trinajstić information content (AvgIpc) is 3.77. The summed E-state index contributed by atoms with van der Waals surface area (Å²) >= 11 is 1.46. The molecule has 2 saturated carbocycles. The Morgan fingerprint density at radius 3 is 1.85 bits per heavy atom. The van der Waals surface area contributed by atoms with Gasteiger partial charge in [-0.15, -0.1) is 6.92 Å². The standard InChI is InChI=1S/C25H33.C15H14.C5H5.2ClH.Zr/c1-15-13-21-19-11-7-8-12-20(19)24-18-10-6-5-9-17(18)14-22(24)23(21)16(2)25(15,3)4;1-12-3-7-14(8-4-12)11-15-9-5-13(2)6-10-15;1-2-4-5-3-1;;;/h5-6,9-10,15,19-21,24H,7-8,11-14H2,1-4H3;3-10H,1-2H3;1-5H;2*1H;/q-1;;-1;;;+2/p-2. The Kier molecular flexibility index (Phi) is 13.5. The second kappa shape index (κ2) is 16.8. The molecule has 8 rings (SSSR count). The molecular weight excluding hydrogens is 703 g/mol. The maximum Gasteiger partial charge on any atom is -0.172 e. The van der Waals surface area contributed by atoms with Crippen molar-refractivity contribution >= 4 is 3.21 Å². The first kappa shape index (κ1) is 38.8. The van der Waals surface area contributed by atoms with Crippen molar-refractivity contribution in [3.05, 3.63) is 154 Å². The Balaban J connectivity index is 0.000000195. The van der Waals surface area contributed by atoms with E-state index in [4.69, 9.17) is 0 Å². The molecule has 0 saturated heterocycles. The van der Waals surface area contributed by atoms with E-state index in [2.05, 4.69) is 114 Å². The largest absolute Gasteiger partial charge is 1.00 e. The maximum atomic E-state index is 2.51. The zero-order chi connectivity index (χ0) is 32.4. The second-order valence-corrected chi connectivity index (χ2v) is 16.3. The summed E-state index contributed by atoms with van der Waals surface area (Å²) < 4.78 is 1.42. The smallest absolute Gasteiger partial charge is 0.172 e. The van der Waals surface area contributed by atoms with Gasteiger partial charge in [0.1, 0.15) is 0 Å². The van der Waals surface area contributed by atoms with E-state index in [1.54, 1.807) is 17.0 Å². The van der Waals surface area contributed by atoms with Crippen molar-refractivity contribution in [1.29, 1.82) is 0 Å². The van der Waals surface area contributed by atoms with E-state index in [0.29, 0.717) is 5.41 Å². The fourth-order valence-electron chi connectivity index (χ4n) is 8.94. The SMILES string of the molecule is C[C-]1C2=C3Cc4ccccc4C3C3CCCCC3C2CC(C)C1(C)C.Cc1ccc([C](=[Zr+2])c2ccc(C)cc2)cc1.[Cl-].[Cl-].c1cc[cH-]c1. The van der Waals surface area contributed by atoms with Crippen molar-refractivity contribution in [1.82, 2.24) is 0 Å². The van der Waals surface area contributed by atoms with E-state index in [1.165, 1.54) is 88.2 Å². The second-order valence-electron chi connectivity index (χ2n) is 15.1. The fourth-order valence-corrected chi connectivity index (χ4v) is 9.76. The molecule has 2 fully saturated rings. The van der Waals surface area contributed by atoms with Gasteiger partial charge in [0, 0.05) is 0 Å². The number of rotatable bonds is 2. The van der Waals surface area contributed by atoms with Gasteiger partial charge < -0.3 is 24.8 Å². The van der Waals surface area contributed by atoms with Crippen molar-refractivity contribution in [2.75, 3.05) is 0 Å². The molecule has 4 aromatic carbocycles. The van der Waals surface area contributed by atoms with E-state index >= 15 is 0 Å². The van der Waals surface area contributed by atoms with Gasteiger partial charge in [-0.25, -0.2) is 29.2 Å². The van der Waals surface area contributed by atoms with Crippen LogP contribution in [-0.2, 0) is 30.7 Å². The quantitative estimate of drug-likeness (QED) is 0.236. The third-order valence-electron chi connectivity index (χ3n) is 12.1. The molecule has 5 unspecified atom stereocenters. The van der Waals surface area contributed by atoms with Gasteiger partial charge in [-0.05, 0) is 30.6 Å². The van der Waals surface area contributed by atoms with E-state index in [-0.39, 0.29) is 24.8 Å². The van der Waals surface area contributed by atoms with Crippen LogP contribution in [0, 0.1) is 48.9 Å². The fraction of sp³-hybridized carbons (Fsp3) is 0.400. The molecular formula is C45H52Cl2Zr-2. The van der Waals surface area contributed by atoms with Crippen LogP contribution in [0.4, 0.5) is 0 Å². The monoisotopic (exact) mass is 752 g/mol. The minimum Gasteiger partial charge on any atom is -1.00 e. The normalized spacial score (nSPS) is 24.4. The van der Waals surface area contributed by atoms with Crippen LogP contribution < -0.4 is 24.8 Å². The molecule has 0 nitrogen and oxygen atoms in total. The van der Waals surface area contributed by atoms with Crippen molar-refractivity contribution in [2.45, 2.75) is 86.0 Å². The van der Waals surface area contributed by atoms with Crippen LogP contribution in [0.5, 0.6) is 0 Å². The summed E-state index contributed by atoms with van der Waals surface area (Å²) in [6.07, 6.45) is 8.52. The van der Waals surface area contributed by atoms with Gasteiger partial charge in [0.25, 0.3) is 0 Å².